The molecule has 0 atom stereocenters. The fraction of sp³-hybridized carbons (Fsp3) is 0.222. The summed E-state index contributed by atoms with van der Waals surface area (Å²) in [5.74, 6) is 0. The van der Waals surface area contributed by atoms with Crippen molar-refractivity contribution >= 4 is 51.0 Å². The molecule has 130 valence electrons. The van der Waals surface area contributed by atoms with Gasteiger partial charge in [0.25, 0.3) is 0 Å². The van der Waals surface area contributed by atoms with Crippen LogP contribution in [0.4, 0.5) is 18.9 Å². The van der Waals surface area contributed by atoms with E-state index in [0.717, 1.165) is 6.07 Å². The minimum atomic E-state index is -4.45. The van der Waals surface area contributed by atoms with E-state index >= 15 is 0 Å². The summed E-state index contributed by atoms with van der Waals surface area (Å²) < 4.78 is 54.7. The molecular formula is C9H11ClF3NO6P2S+2. The Morgan fingerprint density at radius 3 is 1.87 bits per heavy atom. The van der Waals surface area contributed by atoms with Crippen LogP contribution in [0.5, 0.6) is 0 Å². The molecule has 0 amide bonds. The highest BCUT2D eigenvalue weighted by molar-refractivity contribution is 7.80. The average Bonchev–Trinajstić information content (AvgIpc) is 2.28. The summed E-state index contributed by atoms with van der Waals surface area (Å²) in [6.07, 6.45) is -4.45. The van der Waals surface area contributed by atoms with Gasteiger partial charge in [0, 0.05) is 14.8 Å². The summed E-state index contributed by atoms with van der Waals surface area (Å²) in [4.78, 5) is 28.9. The van der Waals surface area contributed by atoms with Gasteiger partial charge in [-0.1, -0.05) is 23.8 Å². The Hall–Kier alpha value is -0.770. The molecule has 7 nitrogen and oxygen atoms in total. The normalized spacial score (nSPS) is 9.61. The first-order valence-corrected chi connectivity index (χ1v) is 8.23. The standard InChI is InChI=1S/C9H7ClF3NS.2HO3P/c1-5(15)14-6-2-3-8(10)7(4-6)9(11,12)13;2*1-4(2)3/h2-4H,1H3,(H,14,15);2*(H-,1,2,3)/p+2. The first kappa shape index (κ1) is 24.5. The second-order valence-corrected chi connectivity index (χ2v) is 5.41. The van der Waals surface area contributed by atoms with Gasteiger partial charge in [-0.3, -0.25) is 0 Å². The minimum Gasteiger partial charge on any atom is -0.350 e. The second-order valence-electron chi connectivity index (χ2n) is 3.38. The summed E-state index contributed by atoms with van der Waals surface area (Å²) >= 11 is 10.2. The van der Waals surface area contributed by atoms with Crippen molar-refractivity contribution in [3.63, 3.8) is 0 Å². The van der Waals surface area contributed by atoms with E-state index in [-0.39, 0.29) is 10.7 Å². The van der Waals surface area contributed by atoms with Gasteiger partial charge in [0.05, 0.1) is 15.6 Å². The van der Waals surface area contributed by atoms with Crippen molar-refractivity contribution in [1.29, 1.82) is 0 Å². The molecule has 0 unspecified atom stereocenters. The molecule has 1 aromatic rings. The lowest BCUT2D eigenvalue weighted by atomic mass is 10.2. The molecule has 14 heteroatoms. The zero-order valence-corrected chi connectivity index (χ0v) is 14.5. The lowest BCUT2D eigenvalue weighted by Gasteiger charge is -2.11. The van der Waals surface area contributed by atoms with Gasteiger partial charge in [-0.05, 0) is 25.1 Å². The SMILES string of the molecule is CC(=S)Nc1ccc(Cl)c(C(F)(F)F)c1.O=[P+](O)O.O=[P+](O)O. The fourth-order valence-corrected chi connectivity index (χ4v) is 1.37. The number of nitrogens with one attached hydrogen (secondary N) is 1. The number of alkyl halides is 3. The van der Waals surface area contributed by atoms with Crippen molar-refractivity contribution in [2.24, 2.45) is 0 Å². The quantitative estimate of drug-likeness (QED) is 0.349. The Bertz CT molecular complexity index is 555. The summed E-state index contributed by atoms with van der Waals surface area (Å²) in [6.45, 7) is 1.58. The van der Waals surface area contributed by atoms with Crippen LogP contribution in [0.15, 0.2) is 18.2 Å². The molecule has 0 aromatic heterocycles. The zero-order chi connectivity index (χ0) is 18.8. The van der Waals surface area contributed by atoms with E-state index in [2.05, 4.69) is 5.32 Å². The van der Waals surface area contributed by atoms with Crippen LogP contribution in [-0.2, 0) is 15.3 Å². The van der Waals surface area contributed by atoms with Gasteiger partial charge in [-0.25, -0.2) is 0 Å². The number of hydrogen-bond donors (Lipinski definition) is 5. The number of thiocarbonyl (C=S) groups is 1. The molecule has 0 radical (unpaired) electrons. The summed E-state index contributed by atoms with van der Waals surface area (Å²) in [7, 11) is -5.74. The van der Waals surface area contributed by atoms with E-state index < -0.39 is 28.2 Å². The van der Waals surface area contributed by atoms with Crippen LogP contribution in [0.1, 0.15) is 12.5 Å². The maximum absolute atomic E-state index is 12.4. The first-order chi connectivity index (χ1) is 10.3. The minimum absolute atomic E-state index is 0.277. The van der Waals surface area contributed by atoms with E-state index in [1.54, 1.807) is 6.92 Å². The van der Waals surface area contributed by atoms with Crippen molar-refractivity contribution < 1.29 is 41.9 Å². The van der Waals surface area contributed by atoms with Crippen LogP contribution in [0, 0.1) is 0 Å². The third kappa shape index (κ3) is 15.9. The van der Waals surface area contributed by atoms with Crippen LogP contribution in [0.2, 0.25) is 5.02 Å². The van der Waals surface area contributed by atoms with E-state index in [0.29, 0.717) is 4.99 Å². The maximum atomic E-state index is 12.4. The zero-order valence-electron chi connectivity index (χ0n) is 11.2. The van der Waals surface area contributed by atoms with Crippen LogP contribution in [0.3, 0.4) is 0 Å². The molecule has 0 spiro atoms. The van der Waals surface area contributed by atoms with Crippen LogP contribution >= 0.6 is 40.3 Å². The van der Waals surface area contributed by atoms with Crippen molar-refractivity contribution in [2.45, 2.75) is 13.1 Å². The molecule has 23 heavy (non-hydrogen) atoms. The number of benzene rings is 1. The molecule has 0 aliphatic carbocycles. The molecule has 1 rings (SSSR count). The summed E-state index contributed by atoms with van der Waals surface area (Å²) in [5, 5.41) is 2.29. The lowest BCUT2D eigenvalue weighted by molar-refractivity contribution is -0.137. The van der Waals surface area contributed by atoms with Gasteiger partial charge in [-0.2, -0.15) is 13.2 Å². The van der Waals surface area contributed by atoms with Crippen molar-refractivity contribution in [3.05, 3.63) is 28.8 Å². The number of hydrogen-bond acceptors (Lipinski definition) is 3. The maximum Gasteiger partial charge on any atom is 0.692 e. The molecule has 0 heterocycles. The van der Waals surface area contributed by atoms with Crippen molar-refractivity contribution in [1.82, 2.24) is 0 Å². The highest BCUT2D eigenvalue weighted by Gasteiger charge is 2.33. The summed E-state index contributed by atoms with van der Waals surface area (Å²) in [5.41, 5.74) is -0.593. The summed E-state index contributed by atoms with van der Waals surface area (Å²) in [6, 6.07) is 3.55. The highest BCUT2D eigenvalue weighted by atomic mass is 35.5. The Morgan fingerprint density at radius 1 is 1.17 bits per heavy atom. The predicted molar refractivity (Wildman–Crippen MR) is 82.4 cm³/mol. The monoisotopic (exact) mass is 415 g/mol. The van der Waals surface area contributed by atoms with E-state index in [1.165, 1.54) is 12.1 Å². The Kier molecular flexibility index (Phi) is 12.5. The number of anilines is 1. The van der Waals surface area contributed by atoms with Crippen molar-refractivity contribution in [3.8, 4) is 0 Å². The molecule has 5 N–H and O–H groups in total. The first-order valence-electron chi connectivity index (χ1n) is 5.11. The second kappa shape index (κ2) is 11.7. The highest BCUT2D eigenvalue weighted by Crippen LogP contribution is 2.36. The molecule has 0 fully saturated rings. The van der Waals surface area contributed by atoms with E-state index in [4.69, 9.17) is 52.5 Å². The topological polar surface area (TPSA) is 127 Å². The third-order valence-electron chi connectivity index (χ3n) is 1.59. The Balaban J connectivity index is 0. The molecule has 0 aliphatic heterocycles. The van der Waals surface area contributed by atoms with Crippen molar-refractivity contribution in [2.75, 3.05) is 5.32 Å². The van der Waals surface area contributed by atoms with Gasteiger partial charge in [0.2, 0.25) is 0 Å². The van der Waals surface area contributed by atoms with Gasteiger partial charge < -0.3 is 5.32 Å². The molecular weight excluding hydrogens is 405 g/mol. The largest absolute Gasteiger partial charge is 0.692 e. The Labute approximate surface area is 140 Å². The average molecular weight is 416 g/mol. The van der Waals surface area contributed by atoms with Gasteiger partial charge in [0.15, 0.2) is 0 Å². The predicted octanol–water partition coefficient (Wildman–Crippen LogP) is 3.37. The third-order valence-corrected chi connectivity index (χ3v) is 2.02. The van der Waals surface area contributed by atoms with E-state index in [1.807, 2.05) is 0 Å². The Morgan fingerprint density at radius 2 is 1.57 bits per heavy atom. The van der Waals surface area contributed by atoms with Gasteiger partial charge in [-0.15, -0.1) is 19.6 Å². The lowest BCUT2D eigenvalue weighted by Crippen LogP contribution is -2.09. The van der Waals surface area contributed by atoms with Crippen LogP contribution in [-0.4, -0.2) is 24.6 Å². The smallest absolute Gasteiger partial charge is 0.350 e. The van der Waals surface area contributed by atoms with Crippen LogP contribution in [0.25, 0.3) is 0 Å². The van der Waals surface area contributed by atoms with Gasteiger partial charge >= 0.3 is 22.7 Å². The van der Waals surface area contributed by atoms with E-state index in [9.17, 15) is 13.2 Å². The molecule has 0 saturated heterocycles. The van der Waals surface area contributed by atoms with Crippen LogP contribution < -0.4 is 5.32 Å². The molecule has 1 aromatic carbocycles. The van der Waals surface area contributed by atoms with Gasteiger partial charge in [0.1, 0.15) is 0 Å². The molecule has 0 aliphatic rings. The molecule has 0 bridgehead atoms. The molecule has 0 saturated carbocycles. The number of halogens is 4. The number of rotatable bonds is 1. The fourth-order valence-electron chi connectivity index (χ4n) is 1.02.